The summed E-state index contributed by atoms with van der Waals surface area (Å²) in [5.41, 5.74) is 4.77. The Hall–Kier alpha value is -1.96. The van der Waals surface area contributed by atoms with Gasteiger partial charge in [-0.3, -0.25) is 0 Å². The lowest BCUT2D eigenvalue weighted by molar-refractivity contribution is 0.118. The van der Waals surface area contributed by atoms with Gasteiger partial charge in [-0.25, -0.2) is 0 Å². The molecule has 1 aliphatic heterocycles. The summed E-state index contributed by atoms with van der Waals surface area (Å²) in [6.45, 7) is 8.57. The molecule has 3 rings (SSSR count). The highest BCUT2D eigenvalue weighted by atomic mass is 16.5. The number of rotatable bonds is 2. The molecule has 1 atom stereocenters. The van der Waals surface area contributed by atoms with Crippen molar-refractivity contribution in [3.05, 3.63) is 59.2 Å². The minimum atomic E-state index is -0.250. The van der Waals surface area contributed by atoms with Crippen molar-refractivity contribution >= 4 is 5.69 Å². The highest BCUT2D eigenvalue weighted by Crippen LogP contribution is 2.44. The van der Waals surface area contributed by atoms with Gasteiger partial charge in [0.15, 0.2) is 0 Å². The number of hydrogen-bond acceptors (Lipinski definition) is 2. The summed E-state index contributed by atoms with van der Waals surface area (Å²) >= 11 is 0. The predicted molar refractivity (Wildman–Crippen MR) is 83.4 cm³/mol. The Morgan fingerprint density at radius 3 is 2.55 bits per heavy atom. The van der Waals surface area contributed by atoms with E-state index in [0.29, 0.717) is 0 Å². The van der Waals surface area contributed by atoms with E-state index in [1.807, 2.05) is 12.1 Å². The topological polar surface area (TPSA) is 21.3 Å². The van der Waals surface area contributed by atoms with E-state index < -0.39 is 0 Å². The molecule has 1 heterocycles. The third-order valence-corrected chi connectivity index (χ3v) is 4.20. The van der Waals surface area contributed by atoms with Crippen LogP contribution in [0.25, 0.3) is 0 Å². The first-order chi connectivity index (χ1) is 9.49. The molecule has 0 fully saturated rings. The van der Waals surface area contributed by atoms with Crippen molar-refractivity contribution < 1.29 is 4.74 Å². The lowest BCUT2D eigenvalue weighted by Gasteiger charge is -2.29. The molecule has 0 saturated carbocycles. The van der Waals surface area contributed by atoms with Crippen LogP contribution in [0.5, 0.6) is 5.75 Å². The van der Waals surface area contributed by atoms with E-state index in [9.17, 15) is 0 Å². The van der Waals surface area contributed by atoms with E-state index in [4.69, 9.17) is 4.74 Å². The first-order valence-electron chi connectivity index (χ1n) is 7.10. The molecule has 1 aliphatic rings. The van der Waals surface area contributed by atoms with Crippen LogP contribution in [0.15, 0.2) is 42.5 Å². The maximum Gasteiger partial charge on any atom is 0.128 e. The number of ether oxygens (including phenoxy) is 1. The van der Waals surface area contributed by atoms with Crippen LogP contribution in [0.3, 0.4) is 0 Å². The van der Waals surface area contributed by atoms with Gasteiger partial charge in [0.25, 0.3) is 0 Å². The maximum atomic E-state index is 6.09. The number of anilines is 1. The fourth-order valence-electron chi connectivity index (χ4n) is 2.84. The van der Waals surface area contributed by atoms with Crippen molar-refractivity contribution in [3.63, 3.8) is 0 Å². The summed E-state index contributed by atoms with van der Waals surface area (Å²) in [6.07, 6.45) is 0. The molecule has 2 nitrogen and oxygen atoms in total. The fourth-order valence-corrected chi connectivity index (χ4v) is 2.84. The molecule has 0 aliphatic carbocycles. The van der Waals surface area contributed by atoms with Crippen LogP contribution in [-0.4, -0.2) is 5.60 Å². The molecule has 0 aromatic heterocycles. The van der Waals surface area contributed by atoms with Crippen molar-refractivity contribution in [2.45, 2.75) is 39.3 Å². The summed E-state index contributed by atoms with van der Waals surface area (Å²) in [5.74, 6) is 0.986. The van der Waals surface area contributed by atoms with Crippen molar-refractivity contribution in [2.75, 3.05) is 5.32 Å². The molecule has 2 heteroatoms. The molecule has 0 amide bonds. The van der Waals surface area contributed by atoms with Crippen LogP contribution in [0.1, 0.15) is 36.6 Å². The molecular formula is C18H21NO. The number of benzene rings is 2. The van der Waals surface area contributed by atoms with E-state index >= 15 is 0 Å². The minimum Gasteiger partial charge on any atom is -0.485 e. The van der Waals surface area contributed by atoms with Gasteiger partial charge in [0.1, 0.15) is 11.4 Å². The zero-order valence-corrected chi connectivity index (χ0v) is 12.5. The zero-order valence-electron chi connectivity index (χ0n) is 12.5. The summed E-state index contributed by atoms with van der Waals surface area (Å²) in [7, 11) is 0. The van der Waals surface area contributed by atoms with Crippen molar-refractivity contribution in [3.8, 4) is 5.75 Å². The molecular weight excluding hydrogens is 246 g/mol. The Labute approximate surface area is 120 Å². The second-order valence-corrected chi connectivity index (χ2v) is 6.07. The minimum absolute atomic E-state index is 0.166. The zero-order chi connectivity index (χ0) is 14.3. The second kappa shape index (κ2) is 4.55. The molecule has 2 aromatic carbocycles. The molecule has 0 radical (unpaired) electrons. The number of aryl methyl sites for hydroxylation is 1. The lowest BCUT2D eigenvalue weighted by atomic mass is 9.93. The van der Waals surface area contributed by atoms with Crippen LogP contribution >= 0.6 is 0 Å². The Bertz CT molecular complexity index is 646. The van der Waals surface area contributed by atoms with Crippen LogP contribution < -0.4 is 10.1 Å². The van der Waals surface area contributed by atoms with Crippen molar-refractivity contribution in [1.82, 2.24) is 0 Å². The number of nitrogens with one attached hydrogen (secondary N) is 1. The Morgan fingerprint density at radius 1 is 1.00 bits per heavy atom. The SMILES string of the molecule is Cc1cccc(NC2c3ccccc3OC2(C)C)c1C. The molecule has 20 heavy (non-hydrogen) atoms. The highest BCUT2D eigenvalue weighted by Gasteiger charge is 2.41. The first-order valence-corrected chi connectivity index (χ1v) is 7.10. The van der Waals surface area contributed by atoms with E-state index in [-0.39, 0.29) is 11.6 Å². The smallest absolute Gasteiger partial charge is 0.128 e. The van der Waals surface area contributed by atoms with Gasteiger partial charge in [0, 0.05) is 11.3 Å². The van der Waals surface area contributed by atoms with Gasteiger partial charge in [-0.1, -0.05) is 30.3 Å². The Balaban J connectivity index is 1.99. The third-order valence-electron chi connectivity index (χ3n) is 4.20. The molecule has 2 aromatic rings. The van der Waals surface area contributed by atoms with Gasteiger partial charge in [0.05, 0.1) is 6.04 Å². The average Bonchev–Trinajstić information content (AvgIpc) is 2.66. The molecule has 104 valence electrons. The van der Waals surface area contributed by atoms with E-state index in [2.05, 4.69) is 63.3 Å². The van der Waals surface area contributed by atoms with Crippen molar-refractivity contribution in [1.29, 1.82) is 0 Å². The molecule has 0 saturated heterocycles. The molecule has 0 bridgehead atoms. The summed E-state index contributed by atoms with van der Waals surface area (Å²) in [6, 6.07) is 14.8. The quantitative estimate of drug-likeness (QED) is 0.856. The van der Waals surface area contributed by atoms with Gasteiger partial charge in [-0.05, 0) is 51.0 Å². The van der Waals surface area contributed by atoms with E-state index in [1.54, 1.807) is 0 Å². The average molecular weight is 267 g/mol. The van der Waals surface area contributed by atoms with E-state index in [0.717, 1.165) is 5.75 Å². The Morgan fingerprint density at radius 2 is 1.75 bits per heavy atom. The van der Waals surface area contributed by atoms with Crippen LogP contribution in [0.2, 0.25) is 0 Å². The fraction of sp³-hybridized carbons (Fsp3) is 0.333. The van der Waals surface area contributed by atoms with E-state index in [1.165, 1.54) is 22.4 Å². The third kappa shape index (κ3) is 2.05. The standard InChI is InChI=1S/C18H21NO/c1-12-8-7-10-15(13(12)2)19-17-14-9-5-6-11-16(14)20-18(17,3)4/h5-11,17,19H,1-4H3. The van der Waals surface area contributed by atoms with Gasteiger partial charge >= 0.3 is 0 Å². The second-order valence-electron chi connectivity index (χ2n) is 6.07. The maximum absolute atomic E-state index is 6.09. The summed E-state index contributed by atoms with van der Waals surface area (Å²) < 4.78 is 6.09. The molecule has 1 N–H and O–H groups in total. The normalized spacial score (nSPS) is 19.3. The first kappa shape index (κ1) is 13.0. The van der Waals surface area contributed by atoms with Crippen LogP contribution in [-0.2, 0) is 0 Å². The van der Waals surface area contributed by atoms with Crippen LogP contribution in [0, 0.1) is 13.8 Å². The monoisotopic (exact) mass is 267 g/mol. The predicted octanol–water partition coefficient (Wildman–Crippen LogP) is 4.63. The largest absolute Gasteiger partial charge is 0.485 e. The highest BCUT2D eigenvalue weighted by molar-refractivity contribution is 5.57. The number of para-hydroxylation sites is 1. The molecule has 0 spiro atoms. The number of hydrogen-bond donors (Lipinski definition) is 1. The van der Waals surface area contributed by atoms with Gasteiger partial charge in [-0.15, -0.1) is 0 Å². The summed E-state index contributed by atoms with van der Waals surface area (Å²) in [4.78, 5) is 0. The lowest BCUT2D eigenvalue weighted by Crippen LogP contribution is -2.34. The Kier molecular flexibility index (Phi) is 2.97. The van der Waals surface area contributed by atoms with Gasteiger partial charge in [0.2, 0.25) is 0 Å². The number of fused-ring (bicyclic) bond motifs is 1. The van der Waals surface area contributed by atoms with Crippen LogP contribution in [0.4, 0.5) is 5.69 Å². The van der Waals surface area contributed by atoms with Crippen molar-refractivity contribution in [2.24, 2.45) is 0 Å². The summed E-state index contributed by atoms with van der Waals surface area (Å²) in [5, 5.41) is 3.67. The van der Waals surface area contributed by atoms with Gasteiger partial charge in [-0.2, -0.15) is 0 Å². The van der Waals surface area contributed by atoms with Gasteiger partial charge < -0.3 is 10.1 Å². The molecule has 1 unspecified atom stereocenters.